The van der Waals surface area contributed by atoms with Gasteiger partial charge in [-0.15, -0.1) is 12.4 Å². The summed E-state index contributed by atoms with van der Waals surface area (Å²) >= 11 is 0. The molecule has 0 bridgehead atoms. The van der Waals surface area contributed by atoms with Gasteiger partial charge >= 0.3 is 0 Å². The summed E-state index contributed by atoms with van der Waals surface area (Å²) in [5.74, 6) is 0.146. The van der Waals surface area contributed by atoms with Crippen molar-refractivity contribution in [2.75, 3.05) is 20.1 Å². The molecular formula is C16H24ClN3O2. The molecule has 122 valence electrons. The minimum absolute atomic E-state index is 0. The van der Waals surface area contributed by atoms with Crippen LogP contribution < -0.4 is 11.1 Å². The van der Waals surface area contributed by atoms with E-state index in [0.29, 0.717) is 23.6 Å². The summed E-state index contributed by atoms with van der Waals surface area (Å²) in [5.41, 5.74) is 7.02. The molecule has 0 aromatic heterocycles. The van der Waals surface area contributed by atoms with E-state index in [1.54, 1.807) is 31.3 Å². The van der Waals surface area contributed by atoms with Crippen LogP contribution in [0.25, 0.3) is 0 Å². The zero-order valence-electron chi connectivity index (χ0n) is 13.0. The zero-order valence-corrected chi connectivity index (χ0v) is 13.9. The van der Waals surface area contributed by atoms with Crippen molar-refractivity contribution in [1.82, 2.24) is 10.2 Å². The first kappa shape index (κ1) is 18.5. The maximum Gasteiger partial charge on any atom is 0.253 e. The van der Waals surface area contributed by atoms with Gasteiger partial charge in [-0.3, -0.25) is 9.59 Å². The number of nitrogens with zero attached hydrogens (tertiary/aromatic N) is 1. The number of benzene rings is 1. The first-order valence-electron chi connectivity index (χ1n) is 7.40. The van der Waals surface area contributed by atoms with E-state index in [-0.39, 0.29) is 30.3 Å². The lowest BCUT2D eigenvalue weighted by Gasteiger charge is -2.34. The second kappa shape index (κ2) is 8.15. The molecule has 1 aliphatic rings. The fourth-order valence-electron chi connectivity index (χ4n) is 2.74. The van der Waals surface area contributed by atoms with Crippen LogP contribution in [0.3, 0.4) is 0 Å². The van der Waals surface area contributed by atoms with Crippen LogP contribution in [0.1, 0.15) is 40.5 Å². The SMILES string of the molecule is CNC(=O)c1cccc(C(=O)N2CCCC(C(C)N)C2)c1.Cl. The van der Waals surface area contributed by atoms with E-state index < -0.39 is 0 Å². The average Bonchev–Trinajstić information content (AvgIpc) is 2.53. The van der Waals surface area contributed by atoms with Crippen LogP contribution in [0.5, 0.6) is 0 Å². The first-order chi connectivity index (χ1) is 10.0. The van der Waals surface area contributed by atoms with Crippen molar-refractivity contribution in [3.8, 4) is 0 Å². The summed E-state index contributed by atoms with van der Waals surface area (Å²) in [6.07, 6.45) is 2.05. The molecule has 0 spiro atoms. The lowest BCUT2D eigenvalue weighted by Crippen LogP contribution is -2.45. The molecule has 2 rings (SSSR count). The number of halogens is 1. The maximum absolute atomic E-state index is 12.6. The van der Waals surface area contributed by atoms with Crippen molar-refractivity contribution >= 4 is 24.2 Å². The fraction of sp³-hybridized carbons (Fsp3) is 0.500. The van der Waals surface area contributed by atoms with Crippen LogP contribution in [0.15, 0.2) is 24.3 Å². The molecular weight excluding hydrogens is 302 g/mol. The number of nitrogens with two attached hydrogens (primary N) is 1. The molecule has 3 N–H and O–H groups in total. The number of carbonyl (C=O) groups excluding carboxylic acids is 2. The molecule has 0 aliphatic carbocycles. The molecule has 1 heterocycles. The Labute approximate surface area is 137 Å². The number of hydrogen-bond acceptors (Lipinski definition) is 3. The minimum atomic E-state index is -0.184. The Morgan fingerprint density at radius 2 is 2.05 bits per heavy atom. The van der Waals surface area contributed by atoms with Gasteiger partial charge in [0.2, 0.25) is 0 Å². The Hall–Kier alpha value is -1.59. The molecule has 22 heavy (non-hydrogen) atoms. The van der Waals surface area contributed by atoms with Crippen molar-refractivity contribution < 1.29 is 9.59 Å². The molecule has 1 aliphatic heterocycles. The normalized spacial score (nSPS) is 19.0. The van der Waals surface area contributed by atoms with Crippen molar-refractivity contribution in [1.29, 1.82) is 0 Å². The van der Waals surface area contributed by atoms with E-state index in [4.69, 9.17) is 5.73 Å². The summed E-state index contributed by atoms with van der Waals surface area (Å²) < 4.78 is 0. The van der Waals surface area contributed by atoms with Gasteiger partial charge in [0.15, 0.2) is 0 Å². The Balaban J connectivity index is 0.00000242. The van der Waals surface area contributed by atoms with Gasteiger partial charge in [0.05, 0.1) is 0 Å². The van der Waals surface area contributed by atoms with E-state index >= 15 is 0 Å². The Morgan fingerprint density at radius 1 is 1.36 bits per heavy atom. The van der Waals surface area contributed by atoms with Gasteiger partial charge in [-0.1, -0.05) is 6.07 Å². The summed E-state index contributed by atoms with van der Waals surface area (Å²) in [4.78, 5) is 26.1. The first-order valence-corrected chi connectivity index (χ1v) is 7.40. The molecule has 2 unspecified atom stereocenters. The number of piperidine rings is 1. The molecule has 1 aromatic rings. The highest BCUT2D eigenvalue weighted by Crippen LogP contribution is 2.20. The maximum atomic E-state index is 12.6. The van der Waals surface area contributed by atoms with E-state index in [9.17, 15) is 9.59 Å². The van der Waals surface area contributed by atoms with Gasteiger partial charge in [-0.05, 0) is 43.9 Å². The standard InChI is InChI=1S/C16H23N3O2.ClH/c1-11(17)14-7-4-8-19(10-14)16(21)13-6-3-5-12(9-13)15(20)18-2;/h3,5-6,9,11,14H,4,7-8,10,17H2,1-2H3,(H,18,20);1H. The number of amides is 2. The summed E-state index contributed by atoms with van der Waals surface area (Å²) in [7, 11) is 1.58. The van der Waals surface area contributed by atoms with E-state index in [1.807, 2.05) is 11.8 Å². The summed E-state index contributed by atoms with van der Waals surface area (Å²) in [5, 5.41) is 2.57. The number of hydrogen-bond donors (Lipinski definition) is 2. The van der Waals surface area contributed by atoms with Gasteiger partial charge in [-0.2, -0.15) is 0 Å². The van der Waals surface area contributed by atoms with Crippen molar-refractivity contribution in [3.63, 3.8) is 0 Å². The van der Waals surface area contributed by atoms with Crippen molar-refractivity contribution in [2.24, 2.45) is 11.7 Å². The number of nitrogens with one attached hydrogen (secondary N) is 1. The van der Waals surface area contributed by atoms with Crippen LogP contribution in [0, 0.1) is 5.92 Å². The highest BCUT2D eigenvalue weighted by Gasteiger charge is 2.26. The number of carbonyl (C=O) groups is 2. The molecule has 6 heteroatoms. The molecule has 0 saturated carbocycles. The summed E-state index contributed by atoms with van der Waals surface area (Å²) in [6, 6.07) is 6.94. The lowest BCUT2D eigenvalue weighted by molar-refractivity contribution is 0.0661. The van der Waals surface area contributed by atoms with Gasteiger partial charge in [0.1, 0.15) is 0 Å². The molecule has 1 saturated heterocycles. The van der Waals surface area contributed by atoms with Gasteiger partial charge < -0.3 is 16.0 Å². The summed E-state index contributed by atoms with van der Waals surface area (Å²) in [6.45, 7) is 3.44. The number of likely N-dealkylation sites (tertiary alicyclic amines) is 1. The second-order valence-electron chi connectivity index (χ2n) is 5.67. The van der Waals surface area contributed by atoms with Gasteiger partial charge in [-0.25, -0.2) is 0 Å². The predicted molar refractivity (Wildman–Crippen MR) is 89.4 cm³/mol. The van der Waals surface area contributed by atoms with E-state index in [2.05, 4.69) is 5.32 Å². The lowest BCUT2D eigenvalue weighted by atomic mass is 9.92. The highest BCUT2D eigenvalue weighted by molar-refractivity contribution is 5.99. The molecule has 2 atom stereocenters. The van der Waals surface area contributed by atoms with Crippen LogP contribution in [0.4, 0.5) is 0 Å². The monoisotopic (exact) mass is 325 g/mol. The third kappa shape index (κ3) is 4.21. The Kier molecular flexibility index (Phi) is 6.84. The molecule has 1 fully saturated rings. The fourth-order valence-corrected chi connectivity index (χ4v) is 2.74. The smallest absolute Gasteiger partial charge is 0.253 e. The number of rotatable bonds is 3. The molecule has 5 nitrogen and oxygen atoms in total. The Morgan fingerprint density at radius 3 is 2.68 bits per heavy atom. The zero-order chi connectivity index (χ0) is 15.4. The predicted octanol–water partition coefficient (Wildman–Crippen LogP) is 1.67. The minimum Gasteiger partial charge on any atom is -0.355 e. The van der Waals surface area contributed by atoms with Crippen molar-refractivity contribution in [3.05, 3.63) is 35.4 Å². The average molecular weight is 326 g/mol. The van der Waals surface area contributed by atoms with Crippen LogP contribution >= 0.6 is 12.4 Å². The van der Waals surface area contributed by atoms with Gasteiger partial charge in [0, 0.05) is 37.3 Å². The quantitative estimate of drug-likeness (QED) is 0.887. The molecule has 1 aromatic carbocycles. The van der Waals surface area contributed by atoms with Crippen LogP contribution in [-0.4, -0.2) is 42.9 Å². The highest BCUT2D eigenvalue weighted by atomic mass is 35.5. The van der Waals surface area contributed by atoms with Crippen molar-refractivity contribution in [2.45, 2.75) is 25.8 Å². The third-order valence-electron chi connectivity index (χ3n) is 4.09. The largest absolute Gasteiger partial charge is 0.355 e. The van der Waals surface area contributed by atoms with Crippen LogP contribution in [0.2, 0.25) is 0 Å². The van der Waals surface area contributed by atoms with E-state index in [1.165, 1.54) is 0 Å². The van der Waals surface area contributed by atoms with E-state index in [0.717, 1.165) is 19.4 Å². The topological polar surface area (TPSA) is 75.4 Å². The van der Waals surface area contributed by atoms with Gasteiger partial charge in [0.25, 0.3) is 11.8 Å². The second-order valence-corrected chi connectivity index (χ2v) is 5.67. The van der Waals surface area contributed by atoms with Crippen LogP contribution in [-0.2, 0) is 0 Å². The molecule has 2 amide bonds. The third-order valence-corrected chi connectivity index (χ3v) is 4.09. The molecule has 0 radical (unpaired) electrons. The Bertz CT molecular complexity index is 534.